The van der Waals surface area contributed by atoms with Crippen LogP contribution < -0.4 is 9.58 Å². The van der Waals surface area contributed by atoms with E-state index in [1.807, 2.05) is 23.6 Å². The van der Waals surface area contributed by atoms with Crippen molar-refractivity contribution < 1.29 is 9.58 Å². The Bertz CT molecular complexity index is 968. The van der Waals surface area contributed by atoms with Gasteiger partial charge in [0, 0.05) is 22.1 Å². The number of rotatable bonds is 3. The summed E-state index contributed by atoms with van der Waals surface area (Å²) in [4.78, 5) is 1.77. The molecule has 4 rings (SSSR count). The van der Waals surface area contributed by atoms with Crippen molar-refractivity contribution in [2.24, 2.45) is 0 Å². The molecule has 22 heavy (non-hydrogen) atoms. The molecule has 0 saturated heterocycles. The molecule has 0 atom stereocenters. The number of thiophene rings is 1. The van der Waals surface area contributed by atoms with Gasteiger partial charge in [0.2, 0.25) is 5.65 Å². The highest BCUT2D eigenvalue weighted by Crippen LogP contribution is 2.22. The predicted octanol–water partition coefficient (Wildman–Crippen LogP) is 2.76. The van der Waals surface area contributed by atoms with Gasteiger partial charge in [0.25, 0.3) is 5.52 Å². The molecule has 0 saturated carbocycles. The van der Waals surface area contributed by atoms with Crippen LogP contribution in [0.1, 0.15) is 4.88 Å². The van der Waals surface area contributed by atoms with Crippen molar-refractivity contribution in [3.63, 3.8) is 0 Å². The van der Waals surface area contributed by atoms with E-state index in [4.69, 9.17) is 4.74 Å². The molecule has 3 aromatic heterocycles. The summed E-state index contributed by atoms with van der Waals surface area (Å²) < 4.78 is 8.27. The Balaban J connectivity index is 1.80. The lowest BCUT2D eigenvalue weighted by Crippen LogP contribution is -2.33. The predicted molar refractivity (Wildman–Crippen MR) is 90.8 cm³/mol. The zero-order valence-electron chi connectivity index (χ0n) is 11.1. The lowest BCUT2D eigenvalue weighted by Gasteiger charge is -2.06. The monoisotopic (exact) mass is 424 g/mol. The second-order valence-corrected chi connectivity index (χ2v) is 6.81. The second kappa shape index (κ2) is 5.36. The lowest BCUT2D eigenvalue weighted by atomic mass is 10.3. The summed E-state index contributed by atoms with van der Waals surface area (Å²) in [6.45, 7) is 0.505. The van der Waals surface area contributed by atoms with Gasteiger partial charge in [-0.05, 0) is 44.9 Å². The smallest absolute Gasteiger partial charge is 0.270 e. The van der Waals surface area contributed by atoms with E-state index in [0.29, 0.717) is 33.9 Å². The first-order chi connectivity index (χ1) is 10.7. The van der Waals surface area contributed by atoms with E-state index in [1.54, 1.807) is 34.2 Å². The van der Waals surface area contributed by atoms with Crippen molar-refractivity contribution in [1.29, 1.82) is 0 Å². The third-order valence-corrected chi connectivity index (χ3v) is 4.84. The van der Waals surface area contributed by atoms with Gasteiger partial charge in [-0.2, -0.15) is 5.10 Å². The summed E-state index contributed by atoms with van der Waals surface area (Å²) in [5.41, 5.74) is 1.67. The van der Waals surface area contributed by atoms with Crippen LogP contribution >= 0.6 is 33.9 Å². The molecule has 0 aliphatic rings. The number of nitrogens with zero attached hydrogens (tertiary/aromatic N) is 4. The lowest BCUT2D eigenvalue weighted by molar-refractivity contribution is -0.640. The van der Waals surface area contributed by atoms with E-state index in [1.165, 1.54) is 0 Å². The molecule has 6 nitrogen and oxygen atoms in total. The standard InChI is InChI=1S/C14H9IN4O2S/c15-11-7-16-18-13-6-9(21-8-10-2-1-5-22-10)3-4-12(13)19(20)17-14(11)18/h1-7H,8H2. The molecular weight excluding hydrogens is 415 g/mol. The molecule has 3 heterocycles. The van der Waals surface area contributed by atoms with Gasteiger partial charge < -0.3 is 9.94 Å². The normalized spacial score (nSPS) is 11.3. The van der Waals surface area contributed by atoms with E-state index in [0.717, 1.165) is 8.45 Å². The average molecular weight is 424 g/mol. The molecule has 8 heteroatoms. The number of hydrogen-bond acceptors (Lipinski definition) is 5. The van der Waals surface area contributed by atoms with Gasteiger partial charge in [-0.3, -0.25) is 0 Å². The SMILES string of the molecule is [O-][n+]1nc2c(I)cnn2c2cc(OCc3cccs3)ccc21. The van der Waals surface area contributed by atoms with Gasteiger partial charge in [0.1, 0.15) is 17.9 Å². The summed E-state index contributed by atoms with van der Waals surface area (Å²) in [5.74, 6) is 0.693. The van der Waals surface area contributed by atoms with Gasteiger partial charge in [0.05, 0.1) is 9.77 Å². The van der Waals surface area contributed by atoms with Crippen LogP contribution in [0.2, 0.25) is 0 Å². The van der Waals surface area contributed by atoms with Gasteiger partial charge in [-0.15, -0.1) is 11.3 Å². The quantitative estimate of drug-likeness (QED) is 0.288. The first kappa shape index (κ1) is 13.7. The van der Waals surface area contributed by atoms with Crippen molar-refractivity contribution in [2.45, 2.75) is 6.61 Å². The number of aromatic nitrogens is 4. The van der Waals surface area contributed by atoms with Crippen molar-refractivity contribution >= 4 is 50.6 Å². The first-order valence-corrected chi connectivity index (χ1v) is 8.40. The van der Waals surface area contributed by atoms with Gasteiger partial charge >= 0.3 is 0 Å². The fraction of sp³-hybridized carbons (Fsp3) is 0.0714. The van der Waals surface area contributed by atoms with Crippen LogP contribution in [0, 0.1) is 8.78 Å². The maximum Gasteiger partial charge on any atom is 0.270 e. The Kier molecular flexibility index (Phi) is 3.34. The molecule has 0 spiro atoms. The minimum Gasteiger partial charge on any atom is -0.594 e. The Morgan fingerprint density at radius 3 is 3.09 bits per heavy atom. The molecule has 1 aromatic carbocycles. The summed E-state index contributed by atoms with van der Waals surface area (Å²) >= 11 is 3.75. The number of fused-ring (bicyclic) bond motifs is 3. The molecule has 0 aliphatic heterocycles. The number of halogens is 1. The highest BCUT2D eigenvalue weighted by molar-refractivity contribution is 14.1. The van der Waals surface area contributed by atoms with Crippen LogP contribution in [0.4, 0.5) is 0 Å². The minimum absolute atomic E-state index is 0.454. The van der Waals surface area contributed by atoms with Crippen molar-refractivity contribution in [3.8, 4) is 5.75 Å². The summed E-state index contributed by atoms with van der Waals surface area (Å²) in [6, 6.07) is 9.30. The highest BCUT2D eigenvalue weighted by Gasteiger charge is 2.15. The largest absolute Gasteiger partial charge is 0.594 e. The van der Waals surface area contributed by atoms with Crippen LogP contribution in [-0.4, -0.2) is 14.7 Å². The third kappa shape index (κ3) is 2.28. The minimum atomic E-state index is 0.454. The first-order valence-electron chi connectivity index (χ1n) is 6.44. The summed E-state index contributed by atoms with van der Waals surface area (Å²) in [5, 5.41) is 22.3. The Labute approximate surface area is 142 Å². The van der Waals surface area contributed by atoms with Crippen LogP contribution in [0.3, 0.4) is 0 Å². The Morgan fingerprint density at radius 2 is 2.27 bits per heavy atom. The molecule has 0 aliphatic carbocycles. The maximum atomic E-state index is 12.0. The van der Waals surface area contributed by atoms with Gasteiger partial charge in [-0.25, -0.2) is 4.52 Å². The van der Waals surface area contributed by atoms with Gasteiger partial charge in [0.15, 0.2) is 0 Å². The number of benzene rings is 1. The van der Waals surface area contributed by atoms with Crippen LogP contribution in [-0.2, 0) is 6.61 Å². The topological polar surface area (TPSA) is 66.4 Å². The zero-order chi connectivity index (χ0) is 15.1. The van der Waals surface area contributed by atoms with E-state index in [2.05, 4.69) is 32.8 Å². The molecule has 0 bridgehead atoms. The third-order valence-electron chi connectivity index (χ3n) is 3.23. The molecule has 0 amide bonds. The summed E-state index contributed by atoms with van der Waals surface area (Å²) in [6.07, 6.45) is 1.68. The van der Waals surface area contributed by atoms with E-state index < -0.39 is 0 Å². The Hall–Kier alpha value is -1.94. The molecule has 0 N–H and O–H groups in total. The second-order valence-electron chi connectivity index (χ2n) is 4.62. The van der Waals surface area contributed by atoms with Crippen molar-refractivity contribution in [2.75, 3.05) is 0 Å². The Morgan fingerprint density at radius 1 is 1.36 bits per heavy atom. The van der Waals surface area contributed by atoms with E-state index in [-0.39, 0.29) is 0 Å². The van der Waals surface area contributed by atoms with E-state index >= 15 is 0 Å². The average Bonchev–Trinajstić information content (AvgIpc) is 3.16. The fourth-order valence-corrected chi connectivity index (χ4v) is 3.28. The zero-order valence-corrected chi connectivity index (χ0v) is 14.1. The molecule has 0 unspecified atom stereocenters. The fourth-order valence-electron chi connectivity index (χ4n) is 2.20. The van der Waals surface area contributed by atoms with Crippen molar-refractivity contribution in [1.82, 2.24) is 14.7 Å². The highest BCUT2D eigenvalue weighted by atomic mass is 127. The van der Waals surface area contributed by atoms with Gasteiger partial charge in [-0.1, -0.05) is 6.07 Å². The summed E-state index contributed by atoms with van der Waals surface area (Å²) in [7, 11) is 0. The molecule has 4 aromatic rings. The number of ether oxygens (including phenoxy) is 1. The van der Waals surface area contributed by atoms with Crippen LogP contribution in [0.25, 0.3) is 16.7 Å². The van der Waals surface area contributed by atoms with E-state index in [9.17, 15) is 5.21 Å². The van der Waals surface area contributed by atoms with Crippen LogP contribution in [0.5, 0.6) is 5.75 Å². The van der Waals surface area contributed by atoms with Crippen LogP contribution in [0.15, 0.2) is 41.9 Å². The molecular formula is C14H9IN4O2S. The maximum absolute atomic E-state index is 12.0. The molecule has 110 valence electrons. The molecule has 0 radical (unpaired) electrons. The van der Waals surface area contributed by atoms with Crippen molar-refractivity contribution in [3.05, 3.63) is 55.6 Å². The number of hydrogen-bond donors (Lipinski definition) is 0. The molecule has 0 fully saturated rings.